The molecule has 0 aliphatic rings. The Balaban J connectivity index is 2.60. The minimum Gasteiger partial charge on any atom is -0.496 e. The lowest BCUT2D eigenvalue weighted by Gasteiger charge is -2.22. The average Bonchev–Trinajstić information content (AvgIpc) is 2.82. The van der Waals surface area contributed by atoms with Crippen molar-refractivity contribution in [2.45, 2.75) is 26.8 Å². The molecule has 1 N–H and O–H groups in total. The molecule has 1 unspecified atom stereocenters. The van der Waals surface area contributed by atoms with Crippen LogP contribution in [0.3, 0.4) is 0 Å². The number of aryl methyl sites for hydroxylation is 2. The normalized spacial score (nSPS) is 12.2. The van der Waals surface area contributed by atoms with Gasteiger partial charge in [-0.15, -0.1) is 11.3 Å². The third-order valence-electron chi connectivity index (χ3n) is 3.36. The zero-order valence-electron chi connectivity index (χ0n) is 13.2. The van der Waals surface area contributed by atoms with Gasteiger partial charge in [0.1, 0.15) is 11.5 Å². The molecule has 1 aromatic carbocycles. The second kappa shape index (κ2) is 6.91. The first-order chi connectivity index (χ1) is 10.1. The van der Waals surface area contributed by atoms with Crippen LogP contribution in [-0.2, 0) is 0 Å². The van der Waals surface area contributed by atoms with E-state index in [0.717, 1.165) is 34.3 Å². The highest BCUT2D eigenvalue weighted by Gasteiger charge is 2.25. The van der Waals surface area contributed by atoms with Crippen molar-refractivity contribution in [3.05, 3.63) is 39.3 Å². The number of nitrogens with zero attached hydrogens (tertiary/aromatic N) is 1. The van der Waals surface area contributed by atoms with Crippen molar-refractivity contribution in [3.8, 4) is 11.5 Å². The van der Waals surface area contributed by atoms with E-state index >= 15 is 0 Å². The maximum Gasteiger partial charge on any atom is 0.127 e. The van der Waals surface area contributed by atoms with Crippen molar-refractivity contribution in [2.75, 3.05) is 20.8 Å². The van der Waals surface area contributed by atoms with Crippen LogP contribution in [-0.4, -0.2) is 25.7 Å². The Kier molecular flexibility index (Phi) is 5.20. The van der Waals surface area contributed by atoms with Gasteiger partial charge in [0, 0.05) is 4.88 Å². The van der Waals surface area contributed by atoms with Crippen LogP contribution in [0.25, 0.3) is 0 Å². The first kappa shape index (κ1) is 15.8. The molecule has 1 atom stereocenters. The Morgan fingerprint density at radius 1 is 1.19 bits per heavy atom. The first-order valence-corrected chi connectivity index (χ1v) is 7.82. The lowest BCUT2D eigenvalue weighted by Crippen LogP contribution is -2.23. The predicted molar refractivity (Wildman–Crippen MR) is 86.7 cm³/mol. The fraction of sp³-hybridized carbons (Fsp3) is 0.438. The van der Waals surface area contributed by atoms with Gasteiger partial charge in [0.05, 0.1) is 36.5 Å². The van der Waals surface area contributed by atoms with E-state index in [2.05, 4.69) is 17.2 Å². The summed E-state index contributed by atoms with van der Waals surface area (Å²) < 4.78 is 11.1. The highest BCUT2D eigenvalue weighted by Crippen LogP contribution is 2.40. The molecule has 5 heteroatoms. The number of hydrogen-bond donors (Lipinski definition) is 1. The number of benzene rings is 1. The first-order valence-electron chi connectivity index (χ1n) is 7.00. The Bertz CT molecular complexity index is 588. The van der Waals surface area contributed by atoms with Crippen LogP contribution in [0.4, 0.5) is 0 Å². The molecule has 0 saturated heterocycles. The SMILES string of the molecule is CCNC(c1sc(C)nc1C)c1c(OC)cccc1OC. The van der Waals surface area contributed by atoms with E-state index in [1.165, 1.54) is 4.88 Å². The fourth-order valence-electron chi connectivity index (χ4n) is 2.51. The van der Waals surface area contributed by atoms with Crippen molar-refractivity contribution in [1.82, 2.24) is 10.3 Å². The van der Waals surface area contributed by atoms with Crippen LogP contribution in [0.1, 0.15) is 34.1 Å². The quantitative estimate of drug-likeness (QED) is 0.887. The number of methoxy groups -OCH3 is 2. The third-order valence-corrected chi connectivity index (χ3v) is 4.50. The Labute approximate surface area is 130 Å². The maximum absolute atomic E-state index is 5.55. The fourth-order valence-corrected chi connectivity index (χ4v) is 3.52. The molecule has 2 aromatic rings. The van der Waals surface area contributed by atoms with Crippen LogP contribution >= 0.6 is 11.3 Å². The van der Waals surface area contributed by atoms with E-state index in [0.29, 0.717) is 0 Å². The highest BCUT2D eigenvalue weighted by atomic mass is 32.1. The van der Waals surface area contributed by atoms with Crippen molar-refractivity contribution < 1.29 is 9.47 Å². The van der Waals surface area contributed by atoms with Crippen LogP contribution in [0.5, 0.6) is 11.5 Å². The molecule has 0 radical (unpaired) electrons. The number of aromatic nitrogens is 1. The molecular weight excluding hydrogens is 284 g/mol. The average molecular weight is 306 g/mol. The van der Waals surface area contributed by atoms with Crippen molar-refractivity contribution in [2.24, 2.45) is 0 Å². The zero-order chi connectivity index (χ0) is 15.4. The summed E-state index contributed by atoms with van der Waals surface area (Å²) in [7, 11) is 3.37. The molecule has 1 aromatic heterocycles. The Morgan fingerprint density at radius 3 is 2.24 bits per heavy atom. The molecule has 21 heavy (non-hydrogen) atoms. The molecule has 0 bridgehead atoms. The molecule has 0 aliphatic carbocycles. The minimum absolute atomic E-state index is 0.0206. The predicted octanol–water partition coefficient (Wildman–Crippen LogP) is 3.48. The second-order valence-corrected chi connectivity index (χ2v) is 5.98. The van der Waals surface area contributed by atoms with Crippen LogP contribution < -0.4 is 14.8 Å². The summed E-state index contributed by atoms with van der Waals surface area (Å²) in [6, 6.07) is 5.89. The molecule has 0 amide bonds. The summed E-state index contributed by atoms with van der Waals surface area (Å²) in [6.07, 6.45) is 0. The topological polar surface area (TPSA) is 43.4 Å². The monoisotopic (exact) mass is 306 g/mol. The van der Waals surface area contributed by atoms with E-state index in [9.17, 15) is 0 Å². The van der Waals surface area contributed by atoms with Gasteiger partial charge < -0.3 is 14.8 Å². The van der Waals surface area contributed by atoms with Crippen molar-refractivity contribution in [3.63, 3.8) is 0 Å². The van der Waals surface area contributed by atoms with Gasteiger partial charge in [-0.05, 0) is 32.5 Å². The van der Waals surface area contributed by atoms with E-state index < -0.39 is 0 Å². The highest BCUT2D eigenvalue weighted by molar-refractivity contribution is 7.11. The smallest absolute Gasteiger partial charge is 0.127 e. The molecule has 0 aliphatic heterocycles. The summed E-state index contributed by atoms with van der Waals surface area (Å²) in [5.74, 6) is 1.65. The molecule has 4 nitrogen and oxygen atoms in total. The number of thiazole rings is 1. The summed E-state index contributed by atoms with van der Waals surface area (Å²) in [5.41, 5.74) is 2.08. The van der Waals surface area contributed by atoms with Gasteiger partial charge in [-0.2, -0.15) is 0 Å². The second-order valence-electron chi connectivity index (χ2n) is 4.75. The van der Waals surface area contributed by atoms with Gasteiger partial charge in [-0.25, -0.2) is 4.98 Å². The standard InChI is InChI=1S/C16H22N2O2S/c1-6-17-15(16-10(2)18-11(3)21-16)14-12(19-4)8-7-9-13(14)20-5/h7-9,15,17H,6H2,1-5H3. The van der Waals surface area contributed by atoms with Gasteiger partial charge >= 0.3 is 0 Å². The molecule has 1 heterocycles. The Morgan fingerprint density at radius 2 is 1.81 bits per heavy atom. The summed E-state index contributed by atoms with van der Waals surface area (Å²) in [6.45, 7) is 7.02. The molecule has 114 valence electrons. The van der Waals surface area contributed by atoms with Crippen molar-refractivity contribution >= 4 is 11.3 Å². The van der Waals surface area contributed by atoms with E-state index in [-0.39, 0.29) is 6.04 Å². The molecule has 2 rings (SSSR count). The summed E-state index contributed by atoms with van der Waals surface area (Å²) in [5, 5.41) is 4.60. The molecule has 0 spiro atoms. The Hall–Kier alpha value is -1.59. The lowest BCUT2D eigenvalue weighted by molar-refractivity contribution is 0.377. The van der Waals surface area contributed by atoms with Crippen LogP contribution in [0, 0.1) is 13.8 Å². The number of hydrogen-bond acceptors (Lipinski definition) is 5. The van der Waals surface area contributed by atoms with Crippen molar-refractivity contribution in [1.29, 1.82) is 0 Å². The zero-order valence-corrected chi connectivity index (χ0v) is 14.0. The van der Waals surface area contributed by atoms with Crippen LogP contribution in [0.2, 0.25) is 0 Å². The number of rotatable bonds is 6. The van der Waals surface area contributed by atoms with Crippen LogP contribution in [0.15, 0.2) is 18.2 Å². The third kappa shape index (κ3) is 3.19. The van der Waals surface area contributed by atoms with Gasteiger partial charge in [-0.3, -0.25) is 0 Å². The minimum atomic E-state index is 0.0206. The van der Waals surface area contributed by atoms with Gasteiger partial charge in [0.25, 0.3) is 0 Å². The van der Waals surface area contributed by atoms with E-state index in [1.807, 2.05) is 32.0 Å². The summed E-state index contributed by atoms with van der Waals surface area (Å²) in [4.78, 5) is 5.75. The van der Waals surface area contributed by atoms with Gasteiger partial charge in [-0.1, -0.05) is 13.0 Å². The summed E-state index contributed by atoms with van der Waals surface area (Å²) >= 11 is 1.71. The van der Waals surface area contributed by atoms with Gasteiger partial charge in [0.2, 0.25) is 0 Å². The number of ether oxygens (including phenoxy) is 2. The molecular formula is C16H22N2O2S. The van der Waals surface area contributed by atoms with E-state index in [1.54, 1.807) is 25.6 Å². The lowest BCUT2D eigenvalue weighted by atomic mass is 10.0. The molecule has 0 saturated carbocycles. The van der Waals surface area contributed by atoms with E-state index in [4.69, 9.17) is 9.47 Å². The molecule has 0 fully saturated rings. The van der Waals surface area contributed by atoms with Gasteiger partial charge in [0.15, 0.2) is 0 Å². The maximum atomic E-state index is 5.55. The number of nitrogens with one attached hydrogen (secondary N) is 1. The largest absolute Gasteiger partial charge is 0.496 e.